The summed E-state index contributed by atoms with van der Waals surface area (Å²) in [5.74, 6) is -0.852. The molecule has 9 heteroatoms. The monoisotopic (exact) mass is 343 g/mol. The summed E-state index contributed by atoms with van der Waals surface area (Å²) in [4.78, 5) is 20.4. The molecule has 0 saturated heterocycles. The number of nitrogens with zero attached hydrogens (tertiary/aromatic N) is 2. The Kier molecular flexibility index (Phi) is 4.79. The van der Waals surface area contributed by atoms with E-state index in [1.54, 1.807) is 6.26 Å². The van der Waals surface area contributed by atoms with Crippen LogP contribution >= 0.6 is 11.8 Å². The molecule has 0 fully saturated rings. The number of alkyl halides is 3. The van der Waals surface area contributed by atoms with E-state index in [0.29, 0.717) is 5.16 Å². The summed E-state index contributed by atoms with van der Waals surface area (Å²) in [5, 5.41) is 0.387. The van der Waals surface area contributed by atoms with Crippen LogP contribution in [0, 0.1) is 0 Å². The molecule has 1 aromatic heterocycles. The van der Waals surface area contributed by atoms with Crippen molar-refractivity contribution in [2.24, 2.45) is 0 Å². The van der Waals surface area contributed by atoms with Gasteiger partial charge in [-0.25, -0.2) is 9.97 Å². The first-order valence-corrected chi connectivity index (χ1v) is 7.46. The van der Waals surface area contributed by atoms with E-state index >= 15 is 0 Å². The van der Waals surface area contributed by atoms with Gasteiger partial charge in [-0.15, -0.1) is 0 Å². The number of hydrogen-bond donors (Lipinski definition) is 1. The van der Waals surface area contributed by atoms with Crippen LogP contribution in [0.2, 0.25) is 0 Å². The second-order valence-electron chi connectivity index (χ2n) is 4.40. The highest BCUT2D eigenvalue weighted by molar-refractivity contribution is 7.98. The van der Waals surface area contributed by atoms with E-state index < -0.39 is 17.5 Å². The summed E-state index contributed by atoms with van der Waals surface area (Å²) in [5.41, 5.74) is 4.76. The van der Waals surface area contributed by atoms with Gasteiger partial charge in [-0.1, -0.05) is 11.8 Å². The molecule has 0 spiro atoms. The van der Waals surface area contributed by atoms with E-state index in [-0.39, 0.29) is 22.7 Å². The molecule has 0 amide bonds. The maximum atomic E-state index is 12.7. The Morgan fingerprint density at radius 1 is 1.30 bits per heavy atom. The minimum Gasteiger partial charge on any atom is -0.496 e. The summed E-state index contributed by atoms with van der Waals surface area (Å²) < 4.78 is 43.1. The second kappa shape index (κ2) is 6.45. The van der Waals surface area contributed by atoms with Crippen LogP contribution in [-0.4, -0.2) is 29.1 Å². The normalized spacial score (nSPS) is 11.3. The number of ketones is 1. The van der Waals surface area contributed by atoms with Gasteiger partial charge in [0.05, 0.1) is 23.8 Å². The lowest BCUT2D eigenvalue weighted by molar-refractivity contribution is -0.137. The Bertz CT molecular complexity index is 751. The van der Waals surface area contributed by atoms with Crippen LogP contribution in [0.1, 0.15) is 21.5 Å². The van der Waals surface area contributed by atoms with Crippen LogP contribution in [-0.2, 0) is 6.18 Å². The Morgan fingerprint density at radius 2 is 2.00 bits per heavy atom. The van der Waals surface area contributed by atoms with Crippen molar-refractivity contribution in [1.82, 2.24) is 9.97 Å². The third-order valence-electron chi connectivity index (χ3n) is 3.00. The van der Waals surface area contributed by atoms with Crippen LogP contribution in [0.3, 0.4) is 0 Å². The van der Waals surface area contributed by atoms with Gasteiger partial charge in [-0.2, -0.15) is 13.2 Å². The van der Waals surface area contributed by atoms with Gasteiger partial charge >= 0.3 is 6.18 Å². The zero-order valence-electron chi connectivity index (χ0n) is 12.1. The number of carbonyl (C=O) groups is 1. The first-order chi connectivity index (χ1) is 10.8. The predicted octanol–water partition coefficient (Wildman–Crippen LogP) is 3.04. The van der Waals surface area contributed by atoms with Crippen molar-refractivity contribution in [3.05, 3.63) is 41.1 Å². The number of carbonyl (C=O) groups excluding carboxylic acids is 1. The van der Waals surface area contributed by atoms with Crippen molar-refractivity contribution in [2.75, 3.05) is 19.1 Å². The average molecular weight is 343 g/mol. The fourth-order valence-electron chi connectivity index (χ4n) is 1.85. The topological polar surface area (TPSA) is 78.1 Å². The molecule has 0 radical (unpaired) electrons. The van der Waals surface area contributed by atoms with Gasteiger partial charge in [0.15, 0.2) is 5.16 Å². The van der Waals surface area contributed by atoms with Crippen LogP contribution in [0.15, 0.2) is 29.6 Å². The number of methoxy groups -OCH3 is 1. The summed E-state index contributed by atoms with van der Waals surface area (Å²) in [6.07, 6.45) is -1.54. The summed E-state index contributed by atoms with van der Waals surface area (Å²) in [6.45, 7) is 0. The van der Waals surface area contributed by atoms with Gasteiger partial charge in [0.25, 0.3) is 0 Å². The van der Waals surface area contributed by atoms with Crippen LogP contribution in [0.25, 0.3) is 0 Å². The lowest BCUT2D eigenvalue weighted by atomic mass is 10.0. The molecule has 2 aromatic rings. The molecule has 0 unspecified atom stereocenters. The molecular weight excluding hydrogens is 331 g/mol. The van der Waals surface area contributed by atoms with Gasteiger partial charge in [0.1, 0.15) is 11.6 Å². The van der Waals surface area contributed by atoms with Crippen LogP contribution in [0.4, 0.5) is 19.0 Å². The zero-order valence-corrected chi connectivity index (χ0v) is 13.0. The SMILES string of the molecule is COc1cc(C(F)(F)F)ccc1C(=O)c1cnc(SC)nc1N. The number of thioether (sulfide) groups is 1. The molecular formula is C14H12F3N3O2S. The number of nitrogen functional groups attached to an aromatic ring is 1. The third kappa shape index (κ3) is 3.55. The Morgan fingerprint density at radius 3 is 2.52 bits per heavy atom. The maximum absolute atomic E-state index is 12.7. The number of benzene rings is 1. The van der Waals surface area contributed by atoms with Gasteiger partial charge in [0.2, 0.25) is 5.78 Å². The molecule has 2 N–H and O–H groups in total. The molecule has 0 aliphatic carbocycles. The van der Waals surface area contributed by atoms with E-state index in [0.717, 1.165) is 18.2 Å². The van der Waals surface area contributed by atoms with Crippen molar-refractivity contribution in [3.8, 4) is 5.75 Å². The smallest absolute Gasteiger partial charge is 0.416 e. The Hall–Kier alpha value is -2.29. The quantitative estimate of drug-likeness (QED) is 0.522. The fraction of sp³-hybridized carbons (Fsp3) is 0.214. The van der Waals surface area contributed by atoms with E-state index in [1.165, 1.54) is 25.1 Å². The highest BCUT2D eigenvalue weighted by atomic mass is 32.2. The van der Waals surface area contributed by atoms with E-state index in [1.807, 2.05) is 0 Å². The standard InChI is InChI=1S/C14H12F3N3O2S/c1-22-10-5-7(14(15,16)17)3-4-8(10)11(21)9-6-19-13(23-2)20-12(9)18/h3-6H,1-2H3,(H2,18,19,20). The van der Waals surface area contributed by atoms with Crippen molar-refractivity contribution >= 4 is 23.4 Å². The second-order valence-corrected chi connectivity index (χ2v) is 5.17. The predicted molar refractivity (Wildman–Crippen MR) is 79.7 cm³/mol. The van der Waals surface area contributed by atoms with Crippen molar-refractivity contribution in [2.45, 2.75) is 11.3 Å². The van der Waals surface area contributed by atoms with Gasteiger partial charge in [0, 0.05) is 6.20 Å². The fourth-order valence-corrected chi connectivity index (χ4v) is 2.20. The maximum Gasteiger partial charge on any atom is 0.416 e. The molecule has 1 aromatic carbocycles. The molecule has 0 aliphatic heterocycles. The lowest BCUT2D eigenvalue weighted by Crippen LogP contribution is -2.11. The van der Waals surface area contributed by atoms with E-state index in [2.05, 4.69) is 9.97 Å². The summed E-state index contributed by atoms with van der Waals surface area (Å²) in [6, 6.07) is 2.62. The largest absolute Gasteiger partial charge is 0.496 e. The highest BCUT2D eigenvalue weighted by Gasteiger charge is 2.32. The Balaban J connectivity index is 2.47. The minimum atomic E-state index is -4.53. The van der Waals surface area contributed by atoms with Gasteiger partial charge < -0.3 is 10.5 Å². The highest BCUT2D eigenvalue weighted by Crippen LogP contribution is 2.34. The van der Waals surface area contributed by atoms with Crippen molar-refractivity contribution in [1.29, 1.82) is 0 Å². The number of hydrogen-bond acceptors (Lipinski definition) is 6. The molecule has 122 valence electrons. The molecule has 2 rings (SSSR count). The number of aromatic nitrogens is 2. The number of rotatable bonds is 4. The van der Waals surface area contributed by atoms with Crippen LogP contribution < -0.4 is 10.5 Å². The first-order valence-electron chi connectivity index (χ1n) is 6.24. The van der Waals surface area contributed by atoms with Crippen LogP contribution in [0.5, 0.6) is 5.75 Å². The molecule has 0 bridgehead atoms. The first kappa shape index (κ1) is 17.1. The molecule has 23 heavy (non-hydrogen) atoms. The summed E-state index contributed by atoms with van der Waals surface area (Å²) >= 11 is 1.25. The van der Waals surface area contributed by atoms with E-state index in [9.17, 15) is 18.0 Å². The molecule has 0 atom stereocenters. The Labute approximate surface area is 134 Å². The third-order valence-corrected chi connectivity index (χ3v) is 3.56. The lowest BCUT2D eigenvalue weighted by Gasteiger charge is -2.12. The molecule has 0 aliphatic rings. The number of anilines is 1. The van der Waals surface area contributed by atoms with Gasteiger partial charge in [-0.05, 0) is 24.5 Å². The van der Waals surface area contributed by atoms with Crippen molar-refractivity contribution in [3.63, 3.8) is 0 Å². The van der Waals surface area contributed by atoms with Crippen molar-refractivity contribution < 1.29 is 22.7 Å². The average Bonchev–Trinajstić information content (AvgIpc) is 2.52. The molecule has 5 nitrogen and oxygen atoms in total. The zero-order chi connectivity index (χ0) is 17.2. The van der Waals surface area contributed by atoms with E-state index in [4.69, 9.17) is 10.5 Å². The minimum absolute atomic E-state index is 0.000795. The number of halogens is 3. The molecule has 1 heterocycles. The number of ether oxygens (including phenoxy) is 1. The summed E-state index contributed by atoms with van der Waals surface area (Å²) in [7, 11) is 1.18. The molecule has 0 saturated carbocycles. The number of nitrogens with two attached hydrogens (primary N) is 1. The van der Waals surface area contributed by atoms with Gasteiger partial charge in [-0.3, -0.25) is 4.79 Å².